The van der Waals surface area contributed by atoms with E-state index in [0.29, 0.717) is 22.9 Å². The zero-order chi connectivity index (χ0) is 24.2. The Balaban J connectivity index is 1.21. The quantitative estimate of drug-likeness (QED) is 0.306. The first-order valence-corrected chi connectivity index (χ1v) is 11.9. The molecule has 0 bridgehead atoms. The van der Waals surface area contributed by atoms with Crippen molar-refractivity contribution in [2.24, 2.45) is 0 Å². The number of benzene rings is 3. The summed E-state index contributed by atoms with van der Waals surface area (Å²) in [5.74, 6) is 1.90. The van der Waals surface area contributed by atoms with Crippen LogP contribution in [0.3, 0.4) is 0 Å². The average molecular weight is 499 g/mol. The molecule has 2 aliphatic heterocycles. The molecule has 4 aromatic rings. The monoisotopic (exact) mass is 498 g/mol. The topological polar surface area (TPSA) is 53.2 Å². The molecule has 2 N–H and O–H groups in total. The Morgan fingerprint density at radius 3 is 2.54 bits per heavy atom. The van der Waals surface area contributed by atoms with Crippen LogP contribution in [0.4, 0.5) is 30.5 Å². The summed E-state index contributed by atoms with van der Waals surface area (Å²) in [7, 11) is 0. The van der Waals surface area contributed by atoms with E-state index in [1.165, 1.54) is 23.2 Å². The van der Waals surface area contributed by atoms with E-state index in [1.807, 2.05) is 24.3 Å². The van der Waals surface area contributed by atoms with Crippen LogP contribution in [0, 0.1) is 0 Å². The second-order valence-electron chi connectivity index (χ2n) is 8.93. The number of hydrogen-bond acceptors (Lipinski definition) is 4. The predicted molar refractivity (Wildman–Crippen MR) is 131 cm³/mol. The molecule has 35 heavy (non-hydrogen) atoms. The average Bonchev–Trinajstić information content (AvgIpc) is 3.25. The standard InChI is InChI=1S/C26H22ClF3N4O/c27-20-13-16(26(28,29)30)14-21-23(20)33-25(32-21)31-17-6-8-18(9-7-17)35-22-10-5-15-3-1-11-34-12-2-4-19(22)24(15)34/h5-10,13-14H,1-4,11-12H2,(H2,31,32,33). The van der Waals surface area contributed by atoms with Crippen molar-refractivity contribution in [2.75, 3.05) is 23.3 Å². The number of imidazole rings is 1. The fourth-order valence-electron chi connectivity index (χ4n) is 5.01. The first kappa shape index (κ1) is 22.1. The fraction of sp³-hybridized carbons (Fsp3) is 0.269. The number of nitrogens with one attached hydrogen (secondary N) is 2. The van der Waals surface area contributed by atoms with Crippen LogP contribution in [-0.4, -0.2) is 23.1 Å². The highest BCUT2D eigenvalue weighted by molar-refractivity contribution is 6.35. The zero-order valence-electron chi connectivity index (χ0n) is 18.7. The smallest absolute Gasteiger partial charge is 0.416 e. The second-order valence-corrected chi connectivity index (χ2v) is 9.34. The molecule has 0 saturated carbocycles. The van der Waals surface area contributed by atoms with Crippen LogP contribution in [-0.2, 0) is 19.0 Å². The van der Waals surface area contributed by atoms with Gasteiger partial charge < -0.3 is 19.9 Å². The maximum absolute atomic E-state index is 13.1. The van der Waals surface area contributed by atoms with Crippen molar-refractivity contribution >= 4 is 40.0 Å². The van der Waals surface area contributed by atoms with Crippen LogP contribution >= 0.6 is 11.6 Å². The molecule has 0 atom stereocenters. The van der Waals surface area contributed by atoms with Gasteiger partial charge in [0.15, 0.2) is 0 Å². The van der Waals surface area contributed by atoms with Crippen molar-refractivity contribution < 1.29 is 17.9 Å². The van der Waals surface area contributed by atoms with Crippen LogP contribution in [0.2, 0.25) is 5.02 Å². The van der Waals surface area contributed by atoms with E-state index in [9.17, 15) is 13.2 Å². The van der Waals surface area contributed by atoms with Gasteiger partial charge in [0.25, 0.3) is 0 Å². The van der Waals surface area contributed by atoms with Gasteiger partial charge in [-0.05, 0) is 73.7 Å². The highest BCUT2D eigenvalue weighted by Crippen LogP contribution is 2.42. The van der Waals surface area contributed by atoms with Gasteiger partial charge in [-0.15, -0.1) is 0 Å². The molecule has 0 radical (unpaired) electrons. The predicted octanol–water partition coefficient (Wildman–Crippen LogP) is 7.47. The van der Waals surface area contributed by atoms with Gasteiger partial charge in [-0.3, -0.25) is 0 Å². The first-order chi connectivity index (χ1) is 16.8. The maximum atomic E-state index is 13.1. The Morgan fingerprint density at radius 2 is 1.77 bits per heavy atom. The minimum Gasteiger partial charge on any atom is -0.457 e. The molecular formula is C26H22ClF3N4O. The van der Waals surface area contributed by atoms with Gasteiger partial charge in [-0.1, -0.05) is 17.7 Å². The van der Waals surface area contributed by atoms with Gasteiger partial charge in [0.1, 0.15) is 11.5 Å². The molecule has 0 aliphatic carbocycles. The third-order valence-corrected chi connectivity index (χ3v) is 6.88. The second kappa shape index (κ2) is 8.37. The van der Waals surface area contributed by atoms with E-state index < -0.39 is 11.7 Å². The number of H-pyrrole nitrogens is 1. The Hall–Kier alpha value is -3.39. The number of halogens is 4. The van der Waals surface area contributed by atoms with Crippen molar-refractivity contribution in [1.29, 1.82) is 0 Å². The van der Waals surface area contributed by atoms with Gasteiger partial charge >= 0.3 is 6.18 Å². The number of ether oxygens (including phenoxy) is 1. The largest absolute Gasteiger partial charge is 0.457 e. The number of hydrogen-bond donors (Lipinski definition) is 2. The molecule has 3 aromatic carbocycles. The molecule has 5 nitrogen and oxygen atoms in total. The van der Waals surface area contributed by atoms with Crippen molar-refractivity contribution in [3.05, 3.63) is 70.2 Å². The molecule has 0 saturated heterocycles. The minimum atomic E-state index is -4.49. The molecule has 0 spiro atoms. The molecule has 6 rings (SSSR count). The SMILES string of the molecule is FC(F)(F)c1cc(Cl)c2[nH]c(Nc3ccc(Oc4ccc5c6c4CCCN6CCC5)cc3)nc2c1. The summed E-state index contributed by atoms with van der Waals surface area (Å²) >= 11 is 6.05. The normalized spacial score (nSPS) is 15.3. The fourth-order valence-corrected chi connectivity index (χ4v) is 5.27. The molecule has 2 aliphatic rings. The van der Waals surface area contributed by atoms with E-state index in [-0.39, 0.29) is 10.5 Å². The number of rotatable bonds is 4. The number of nitrogens with zero attached hydrogens (tertiary/aromatic N) is 2. The number of alkyl halides is 3. The maximum Gasteiger partial charge on any atom is 0.416 e. The summed E-state index contributed by atoms with van der Waals surface area (Å²) in [5.41, 5.74) is 4.41. The van der Waals surface area contributed by atoms with Gasteiger partial charge in [-0.25, -0.2) is 4.98 Å². The molecule has 180 valence electrons. The molecule has 0 unspecified atom stereocenters. The van der Waals surface area contributed by atoms with Crippen molar-refractivity contribution in [3.8, 4) is 11.5 Å². The molecule has 0 fully saturated rings. The number of aromatic nitrogens is 2. The van der Waals surface area contributed by atoms with Crippen LogP contribution in [0.1, 0.15) is 29.5 Å². The van der Waals surface area contributed by atoms with Gasteiger partial charge in [0, 0.05) is 30.0 Å². The minimum absolute atomic E-state index is 0.0355. The Kier molecular flexibility index (Phi) is 5.29. The Labute approximate surface area is 204 Å². The molecule has 9 heteroatoms. The summed E-state index contributed by atoms with van der Waals surface area (Å²) in [5, 5.41) is 3.04. The lowest BCUT2D eigenvalue weighted by Gasteiger charge is -2.37. The van der Waals surface area contributed by atoms with Gasteiger partial charge in [0.05, 0.1) is 21.6 Å². The molecular weight excluding hydrogens is 477 g/mol. The highest BCUT2D eigenvalue weighted by Gasteiger charge is 2.32. The van der Waals surface area contributed by atoms with E-state index in [2.05, 4.69) is 32.3 Å². The summed E-state index contributed by atoms with van der Waals surface area (Å²) in [6, 6.07) is 13.5. The number of aryl methyl sites for hydroxylation is 1. The summed E-state index contributed by atoms with van der Waals surface area (Å²) < 4.78 is 45.5. The molecule has 0 amide bonds. The van der Waals surface area contributed by atoms with E-state index in [4.69, 9.17) is 16.3 Å². The number of fused-ring (bicyclic) bond motifs is 1. The van der Waals surface area contributed by atoms with Crippen LogP contribution in [0.25, 0.3) is 11.0 Å². The zero-order valence-corrected chi connectivity index (χ0v) is 19.4. The Bertz CT molecular complexity index is 1410. The first-order valence-electron chi connectivity index (χ1n) is 11.6. The van der Waals surface area contributed by atoms with Crippen molar-refractivity contribution in [2.45, 2.75) is 31.9 Å². The van der Waals surface area contributed by atoms with Crippen molar-refractivity contribution in [1.82, 2.24) is 9.97 Å². The lowest BCUT2D eigenvalue weighted by Crippen LogP contribution is -2.34. The van der Waals surface area contributed by atoms with E-state index >= 15 is 0 Å². The van der Waals surface area contributed by atoms with Gasteiger partial charge in [-0.2, -0.15) is 13.2 Å². The lowest BCUT2D eigenvalue weighted by atomic mass is 9.91. The van der Waals surface area contributed by atoms with Crippen LogP contribution < -0.4 is 15.0 Å². The van der Waals surface area contributed by atoms with E-state index in [0.717, 1.165) is 50.2 Å². The molecule has 1 aromatic heterocycles. The third-order valence-electron chi connectivity index (χ3n) is 6.59. The number of anilines is 3. The lowest BCUT2D eigenvalue weighted by molar-refractivity contribution is -0.137. The summed E-state index contributed by atoms with van der Waals surface area (Å²) in [6.07, 6.45) is -0.0397. The summed E-state index contributed by atoms with van der Waals surface area (Å²) in [6.45, 7) is 2.21. The van der Waals surface area contributed by atoms with Crippen LogP contribution in [0.15, 0.2) is 48.5 Å². The van der Waals surface area contributed by atoms with Gasteiger partial charge in [0.2, 0.25) is 5.95 Å². The summed E-state index contributed by atoms with van der Waals surface area (Å²) in [4.78, 5) is 9.65. The van der Waals surface area contributed by atoms with Crippen molar-refractivity contribution in [3.63, 3.8) is 0 Å². The third kappa shape index (κ3) is 4.16. The van der Waals surface area contributed by atoms with E-state index in [1.54, 1.807) is 0 Å². The highest BCUT2D eigenvalue weighted by atomic mass is 35.5. The Morgan fingerprint density at radius 1 is 1.00 bits per heavy atom. The molecule has 3 heterocycles. The number of aromatic amines is 1. The van der Waals surface area contributed by atoms with Crippen LogP contribution in [0.5, 0.6) is 11.5 Å².